The average Bonchev–Trinajstić information content (AvgIpc) is 3.12. The molecule has 2 nitrogen and oxygen atoms in total. The number of aryl methyl sites for hydroxylation is 3. The Morgan fingerprint density at radius 3 is 1.26 bits per heavy atom. The highest BCUT2D eigenvalue weighted by Gasteiger charge is 2.31. The molecule has 0 bridgehead atoms. The van der Waals surface area contributed by atoms with Crippen LogP contribution in [-0.2, 0) is 10.9 Å². The third-order valence-corrected chi connectivity index (χ3v) is 13.8. The molecule has 256 valence electrons. The maximum atomic E-state index is 2.72. The fraction of sp³-hybridized carbons (Fsp3) is 0.591. The van der Waals surface area contributed by atoms with E-state index < -0.39 is 0 Å². The van der Waals surface area contributed by atoms with E-state index >= 15 is 0 Å². The van der Waals surface area contributed by atoms with Crippen molar-refractivity contribution in [2.24, 2.45) is 5.92 Å². The first-order valence-electron chi connectivity index (χ1n) is 19.3. The van der Waals surface area contributed by atoms with Crippen LogP contribution in [0.1, 0.15) is 119 Å². The Morgan fingerprint density at radius 2 is 0.851 bits per heavy atom. The van der Waals surface area contributed by atoms with Crippen LogP contribution in [-0.4, -0.2) is 48.6 Å². The summed E-state index contributed by atoms with van der Waals surface area (Å²) in [7, 11) is 4.65. The van der Waals surface area contributed by atoms with Crippen molar-refractivity contribution in [3.8, 4) is 0 Å². The van der Waals surface area contributed by atoms with Gasteiger partial charge >= 0.3 is 0 Å². The largest absolute Gasteiger partial charge is 0.303 e. The maximum absolute atomic E-state index is 2.72. The summed E-state index contributed by atoms with van der Waals surface area (Å²) in [4.78, 5) is 9.43. The number of hydrogen-bond donors (Lipinski definition) is 0. The van der Waals surface area contributed by atoms with Gasteiger partial charge in [-0.15, -0.1) is 0 Å². The summed E-state index contributed by atoms with van der Waals surface area (Å²) < 4.78 is 0. The van der Waals surface area contributed by atoms with Crippen LogP contribution >= 0.6 is 0 Å². The van der Waals surface area contributed by atoms with Gasteiger partial charge in [0.1, 0.15) is 0 Å². The molecule has 3 aromatic rings. The molecule has 0 amide bonds. The highest BCUT2D eigenvalue weighted by atomic mass is 32.2. The number of fused-ring (bicyclic) bond motifs is 1. The highest BCUT2D eigenvalue weighted by Crippen LogP contribution is 2.34. The number of hydrogen-bond acceptors (Lipinski definition) is 2. The Balaban J connectivity index is 0.000000149. The summed E-state index contributed by atoms with van der Waals surface area (Å²) in [6, 6.07) is 29.6. The predicted molar refractivity (Wildman–Crippen MR) is 205 cm³/mol. The lowest BCUT2D eigenvalue weighted by atomic mass is 9.79. The van der Waals surface area contributed by atoms with Crippen LogP contribution in [0.15, 0.2) is 87.5 Å². The zero-order valence-corrected chi connectivity index (χ0v) is 31.4. The molecule has 4 fully saturated rings. The molecule has 2 atom stereocenters. The van der Waals surface area contributed by atoms with E-state index in [0.29, 0.717) is 0 Å². The van der Waals surface area contributed by atoms with Crippen LogP contribution in [0.2, 0.25) is 0 Å². The van der Waals surface area contributed by atoms with Gasteiger partial charge in [-0.3, -0.25) is 0 Å². The molecule has 7 rings (SSSR count). The lowest BCUT2D eigenvalue weighted by Crippen LogP contribution is -2.44. The van der Waals surface area contributed by atoms with E-state index in [9.17, 15) is 0 Å². The Kier molecular flexibility index (Phi) is 14.4. The zero-order chi connectivity index (χ0) is 33.0. The topological polar surface area (TPSA) is 6.48 Å². The second kappa shape index (κ2) is 18.6. The van der Waals surface area contributed by atoms with Gasteiger partial charge in [0.05, 0.1) is 10.9 Å². The van der Waals surface area contributed by atoms with E-state index in [1.807, 2.05) is 0 Å². The van der Waals surface area contributed by atoms with Crippen molar-refractivity contribution in [1.29, 1.82) is 0 Å². The van der Waals surface area contributed by atoms with Gasteiger partial charge in [-0.05, 0) is 135 Å². The summed E-state index contributed by atoms with van der Waals surface area (Å²) >= 11 is 0. The molecule has 3 aromatic carbocycles. The summed E-state index contributed by atoms with van der Waals surface area (Å²) in [6.07, 6.45) is 23.6. The van der Waals surface area contributed by atoms with Crippen LogP contribution < -0.4 is 0 Å². The lowest BCUT2D eigenvalue weighted by molar-refractivity contribution is 0.0841. The van der Waals surface area contributed by atoms with Gasteiger partial charge in [0.15, 0.2) is 14.7 Å². The molecular formula is C44H65N2S+. The molecule has 0 spiro atoms. The smallest absolute Gasteiger partial charge is 0.166 e. The predicted octanol–water partition coefficient (Wildman–Crippen LogP) is 11.6. The minimum atomic E-state index is -0.0394. The van der Waals surface area contributed by atoms with Gasteiger partial charge in [0.2, 0.25) is 0 Å². The Labute approximate surface area is 292 Å². The molecule has 0 radical (unpaired) electrons. The van der Waals surface area contributed by atoms with Gasteiger partial charge in [0.25, 0.3) is 0 Å². The molecule has 1 aliphatic heterocycles. The summed E-state index contributed by atoms with van der Waals surface area (Å²) in [5.41, 5.74) is 3.92. The molecule has 3 saturated carbocycles. The van der Waals surface area contributed by atoms with Crippen molar-refractivity contribution in [3.63, 3.8) is 0 Å². The van der Waals surface area contributed by atoms with Gasteiger partial charge in [-0.2, -0.15) is 0 Å². The SMILES string of the molecule is CN(C1CCCCC1)C1CCCCC1.CN1CCCC2CCCCC21.Cc1ccc([S+](c2ccc(C)cc2)c2ccc(C)cc2)cc1. The van der Waals surface area contributed by atoms with E-state index in [4.69, 9.17) is 0 Å². The average molecular weight is 654 g/mol. The van der Waals surface area contributed by atoms with Crippen LogP contribution in [0.5, 0.6) is 0 Å². The van der Waals surface area contributed by atoms with E-state index in [1.54, 1.807) is 0 Å². The summed E-state index contributed by atoms with van der Waals surface area (Å²) in [5.74, 6) is 1.06. The number of nitrogens with zero attached hydrogens (tertiary/aromatic N) is 2. The fourth-order valence-corrected chi connectivity index (χ4v) is 10.6. The third-order valence-electron chi connectivity index (χ3n) is 11.6. The molecule has 3 aliphatic carbocycles. The Bertz CT molecular complexity index is 1160. The second-order valence-electron chi connectivity index (χ2n) is 15.2. The number of benzene rings is 3. The van der Waals surface area contributed by atoms with Crippen molar-refractivity contribution in [1.82, 2.24) is 9.80 Å². The summed E-state index contributed by atoms with van der Waals surface area (Å²) in [5, 5.41) is 0. The molecule has 0 aromatic heterocycles. The van der Waals surface area contributed by atoms with Crippen molar-refractivity contribution in [2.45, 2.75) is 156 Å². The molecule has 47 heavy (non-hydrogen) atoms. The van der Waals surface area contributed by atoms with Crippen molar-refractivity contribution in [3.05, 3.63) is 89.5 Å². The van der Waals surface area contributed by atoms with E-state index in [0.717, 1.165) is 24.0 Å². The first-order valence-corrected chi connectivity index (χ1v) is 20.5. The molecular weight excluding hydrogens is 589 g/mol. The van der Waals surface area contributed by atoms with E-state index in [-0.39, 0.29) is 10.9 Å². The van der Waals surface area contributed by atoms with E-state index in [2.05, 4.69) is 117 Å². The van der Waals surface area contributed by atoms with Crippen molar-refractivity contribution >= 4 is 10.9 Å². The lowest BCUT2D eigenvalue weighted by Gasteiger charge is -2.42. The maximum Gasteiger partial charge on any atom is 0.166 e. The first kappa shape index (κ1) is 36.2. The molecule has 1 saturated heterocycles. The van der Waals surface area contributed by atoms with E-state index in [1.165, 1.54) is 141 Å². The first-order chi connectivity index (χ1) is 22.9. The van der Waals surface area contributed by atoms with Crippen LogP contribution in [0.3, 0.4) is 0 Å². The highest BCUT2D eigenvalue weighted by molar-refractivity contribution is 7.97. The second-order valence-corrected chi connectivity index (χ2v) is 17.3. The van der Waals surface area contributed by atoms with Gasteiger partial charge in [0, 0.05) is 18.1 Å². The molecule has 3 heteroatoms. The van der Waals surface area contributed by atoms with Gasteiger partial charge in [-0.25, -0.2) is 0 Å². The zero-order valence-electron chi connectivity index (χ0n) is 30.6. The van der Waals surface area contributed by atoms with Crippen molar-refractivity contribution < 1.29 is 0 Å². The molecule has 4 aliphatic rings. The number of rotatable bonds is 5. The summed E-state index contributed by atoms with van der Waals surface area (Å²) in [6.45, 7) is 7.76. The van der Waals surface area contributed by atoms with Gasteiger partial charge < -0.3 is 9.80 Å². The number of likely N-dealkylation sites (tertiary alicyclic amines) is 1. The minimum Gasteiger partial charge on any atom is -0.303 e. The molecule has 1 heterocycles. The minimum absolute atomic E-state index is 0.0394. The van der Waals surface area contributed by atoms with Crippen LogP contribution in [0, 0.1) is 26.7 Å². The van der Waals surface area contributed by atoms with Crippen LogP contribution in [0.25, 0.3) is 0 Å². The van der Waals surface area contributed by atoms with Gasteiger partial charge in [-0.1, -0.05) is 104 Å². The monoisotopic (exact) mass is 653 g/mol. The number of piperidine rings is 1. The Morgan fingerprint density at radius 1 is 0.489 bits per heavy atom. The quantitative estimate of drug-likeness (QED) is 0.253. The molecule has 0 N–H and O–H groups in total. The normalized spacial score (nSPS) is 22.5. The fourth-order valence-electron chi connectivity index (χ4n) is 8.58. The Hall–Kier alpha value is -2.07. The standard InChI is InChI=1S/C21H21S.C13H25N.C10H19N/c1-16-4-10-19(11-5-16)22(20-12-6-17(2)7-13-20)21-14-8-18(3)9-15-21;1-14(12-8-4-2-5-9-12)13-10-6-3-7-11-13;1-11-8-4-6-9-5-2-3-7-10(9)11/h4-15H,1-3H3;12-13H,2-11H2,1H3;9-10H,2-8H2,1H3/q+1;;. The molecule has 2 unspecified atom stereocenters. The van der Waals surface area contributed by atoms with Crippen LogP contribution in [0.4, 0.5) is 0 Å². The van der Waals surface area contributed by atoms with Crippen molar-refractivity contribution in [2.75, 3.05) is 20.6 Å². The third kappa shape index (κ3) is 10.7.